The highest BCUT2D eigenvalue weighted by Crippen LogP contribution is 2.39. The second-order valence-corrected chi connectivity index (χ2v) is 11.6. The minimum atomic E-state index is -1.01. The number of nitrogens with two attached hydrogens (primary N) is 1. The van der Waals surface area contributed by atoms with Crippen molar-refractivity contribution in [2.45, 2.75) is 51.6 Å². The van der Waals surface area contributed by atoms with Crippen LogP contribution >= 0.6 is 0 Å². The maximum Gasteiger partial charge on any atom is 0.251 e. The van der Waals surface area contributed by atoms with Gasteiger partial charge in [-0.3, -0.25) is 4.79 Å². The number of hydrogen-bond donors (Lipinski definition) is 2. The summed E-state index contributed by atoms with van der Waals surface area (Å²) in [5.41, 5.74) is 7.60. The number of benzene rings is 1. The molecule has 0 radical (unpaired) electrons. The summed E-state index contributed by atoms with van der Waals surface area (Å²) in [6, 6.07) is 11.4. The third kappa shape index (κ3) is 5.45. The maximum atomic E-state index is 15.3. The molecule has 41 heavy (non-hydrogen) atoms. The number of pyridine rings is 2. The molecule has 9 nitrogen and oxygen atoms in total. The van der Waals surface area contributed by atoms with Crippen molar-refractivity contribution in [3.63, 3.8) is 0 Å². The van der Waals surface area contributed by atoms with Crippen molar-refractivity contribution in [1.29, 1.82) is 5.26 Å². The molecule has 4 heterocycles. The second-order valence-electron chi connectivity index (χ2n) is 11.6. The Morgan fingerprint density at radius 1 is 1.24 bits per heavy atom. The number of aryl methyl sites for hydroxylation is 1. The lowest BCUT2D eigenvalue weighted by Crippen LogP contribution is -2.42. The fraction of sp³-hybridized carbons (Fsp3) is 0.355. The zero-order valence-electron chi connectivity index (χ0n) is 23.6. The highest BCUT2D eigenvalue weighted by atomic mass is 19.1. The largest absolute Gasteiger partial charge is 0.489 e. The van der Waals surface area contributed by atoms with E-state index in [1.807, 2.05) is 25.1 Å². The molecule has 0 aliphatic carbocycles. The Labute approximate surface area is 238 Å². The van der Waals surface area contributed by atoms with Crippen LogP contribution in [0.15, 0.2) is 48.9 Å². The zero-order chi connectivity index (χ0) is 29.5. The van der Waals surface area contributed by atoms with Crippen molar-refractivity contribution in [2.75, 3.05) is 24.6 Å². The number of nitriles is 1. The van der Waals surface area contributed by atoms with E-state index >= 15 is 4.39 Å². The van der Waals surface area contributed by atoms with Crippen LogP contribution in [-0.4, -0.2) is 50.9 Å². The molecule has 1 amide bonds. The van der Waals surface area contributed by atoms with Gasteiger partial charge in [0.1, 0.15) is 30.1 Å². The Morgan fingerprint density at radius 3 is 2.59 bits per heavy atom. The summed E-state index contributed by atoms with van der Waals surface area (Å²) in [6.07, 6.45) is 6.30. The van der Waals surface area contributed by atoms with E-state index in [2.05, 4.69) is 16.1 Å². The molecule has 1 saturated heterocycles. The number of primary amides is 1. The van der Waals surface area contributed by atoms with Gasteiger partial charge in [-0.2, -0.15) is 10.4 Å². The summed E-state index contributed by atoms with van der Waals surface area (Å²) in [4.78, 5) is 18.7. The van der Waals surface area contributed by atoms with Crippen molar-refractivity contribution in [2.24, 2.45) is 5.73 Å². The van der Waals surface area contributed by atoms with Gasteiger partial charge in [0.25, 0.3) is 5.91 Å². The van der Waals surface area contributed by atoms with Gasteiger partial charge in [0.15, 0.2) is 0 Å². The number of ether oxygens (including phenoxy) is 1. The monoisotopic (exact) mass is 556 g/mol. The summed E-state index contributed by atoms with van der Waals surface area (Å²) in [7, 11) is 0. The smallest absolute Gasteiger partial charge is 0.251 e. The standard InChI is InChI=1S/C31H33FN6O3/c1-19-5-7-24(27(32)26(19)29(34)39)31(4)9-11-37(12-10-31)25-8-6-20(15-35-25)23-13-22(41-18-30(2,3)40)17-38-28(23)21(14-33)16-36-38/h5-8,13,15-17,40H,9-12,18H2,1-4H3,(H2,34,39). The topological polar surface area (TPSA) is 130 Å². The van der Waals surface area contributed by atoms with Crippen LogP contribution in [0.3, 0.4) is 0 Å². The second kappa shape index (κ2) is 10.5. The van der Waals surface area contributed by atoms with Crippen LogP contribution in [-0.2, 0) is 5.41 Å². The van der Waals surface area contributed by atoms with E-state index in [4.69, 9.17) is 15.5 Å². The number of nitrogens with zero attached hydrogens (tertiary/aromatic N) is 5. The van der Waals surface area contributed by atoms with E-state index in [1.165, 1.54) is 6.20 Å². The first kappa shape index (κ1) is 28.1. The SMILES string of the molecule is Cc1ccc(C2(C)CCN(c3ccc(-c4cc(OCC(C)(C)O)cn5ncc(C#N)c45)cn3)CC2)c(F)c1C(N)=O. The number of carbonyl (C=O) groups is 1. The molecule has 1 aliphatic heterocycles. The number of piperidine rings is 1. The molecule has 10 heteroatoms. The number of rotatable bonds is 7. The summed E-state index contributed by atoms with van der Waals surface area (Å²) in [5, 5.41) is 24.0. The Morgan fingerprint density at radius 2 is 1.98 bits per heavy atom. The predicted molar refractivity (Wildman–Crippen MR) is 153 cm³/mol. The quantitative estimate of drug-likeness (QED) is 0.342. The molecule has 3 N–H and O–H groups in total. The van der Waals surface area contributed by atoms with Gasteiger partial charge >= 0.3 is 0 Å². The molecular weight excluding hydrogens is 523 g/mol. The van der Waals surface area contributed by atoms with Gasteiger partial charge < -0.3 is 20.5 Å². The molecule has 0 atom stereocenters. The number of aliphatic hydroxyl groups is 1. The van der Waals surface area contributed by atoms with Crippen LogP contribution < -0.4 is 15.4 Å². The average molecular weight is 557 g/mol. The van der Waals surface area contributed by atoms with Crippen molar-refractivity contribution in [3.8, 4) is 22.9 Å². The molecule has 4 aromatic rings. The summed E-state index contributed by atoms with van der Waals surface area (Å²) < 4.78 is 22.8. The number of aromatic nitrogens is 3. The molecule has 1 aromatic carbocycles. The van der Waals surface area contributed by atoms with Crippen molar-refractivity contribution in [1.82, 2.24) is 14.6 Å². The van der Waals surface area contributed by atoms with E-state index < -0.39 is 22.7 Å². The van der Waals surface area contributed by atoms with Gasteiger partial charge in [0.05, 0.1) is 34.6 Å². The van der Waals surface area contributed by atoms with Crippen LogP contribution in [0.25, 0.3) is 16.6 Å². The molecule has 3 aromatic heterocycles. The number of halogens is 1. The minimum Gasteiger partial charge on any atom is -0.489 e. The molecule has 5 rings (SSSR count). The Bertz CT molecular complexity index is 1660. The van der Waals surface area contributed by atoms with Gasteiger partial charge in [-0.25, -0.2) is 13.9 Å². The molecule has 0 unspecified atom stereocenters. The minimum absolute atomic E-state index is 0.0372. The lowest BCUT2D eigenvalue weighted by molar-refractivity contribution is 0.0283. The fourth-order valence-corrected chi connectivity index (χ4v) is 5.41. The third-order valence-electron chi connectivity index (χ3n) is 7.80. The fourth-order valence-electron chi connectivity index (χ4n) is 5.41. The lowest BCUT2D eigenvalue weighted by atomic mass is 9.73. The Balaban J connectivity index is 1.39. The number of hydrogen-bond acceptors (Lipinski definition) is 7. The molecule has 0 saturated carbocycles. The van der Waals surface area contributed by atoms with E-state index in [-0.39, 0.29) is 12.2 Å². The molecule has 1 fully saturated rings. The van der Waals surface area contributed by atoms with Crippen molar-refractivity contribution >= 4 is 17.2 Å². The Hall–Kier alpha value is -4.49. The first-order chi connectivity index (χ1) is 19.4. The molecular formula is C31H33FN6O3. The molecule has 1 aliphatic rings. The molecule has 0 bridgehead atoms. The summed E-state index contributed by atoms with van der Waals surface area (Å²) >= 11 is 0. The predicted octanol–water partition coefficient (Wildman–Crippen LogP) is 4.52. The van der Waals surface area contributed by atoms with Crippen molar-refractivity contribution in [3.05, 3.63) is 77.0 Å². The summed E-state index contributed by atoms with van der Waals surface area (Å²) in [5.74, 6) is 0.0196. The van der Waals surface area contributed by atoms with Gasteiger partial charge in [-0.05, 0) is 68.4 Å². The first-order valence-corrected chi connectivity index (χ1v) is 13.5. The van der Waals surface area contributed by atoms with E-state index in [0.29, 0.717) is 53.9 Å². The van der Waals surface area contributed by atoms with Gasteiger partial charge in [-0.1, -0.05) is 19.1 Å². The van der Waals surface area contributed by atoms with Crippen LogP contribution in [0, 0.1) is 24.1 Å². The van der Waals surface area contributed by atoms with E-state index in [1.54, 1.807) is 49.8 Å². The Kier molecular flexibility index (Phi) is 7.17. The van der Waals surface area contributed by atoms with Crippen LogP contribution in [0.4, 0.5) is 10.2 Å². The summed E-state index contributed by atoms with van der Waals surface area (Å²) in [6.45, 7) is 8.44. The first-order valence-electron chi connectivity index (χ1n) is 13.5. The highest BCUT2D eigenvalue weighted by Gasteiger charge is 2.35. The van der Waals surface area contributed by atoms with E-state index in [9.17, 15) is 15.2 Å². The van der Waals surface area contributed by atoms with Gasteiger partial charge in [0, 0.05) is 30.4 Å². The number of anilines is 1. The lowest BCUT2D eigenvalue weighted by Gasteiger charge is -2.40. The third-order valence-corrected chi connectivity index (χ3v) is 7.80. The van der Waals surface area contributed by atoms with Crippen LogP contribution in [0.5, 0.6) is 5.75 Å². The van der Waals surface area contributed by atoms with Gasteiger partial charge in [-0.15, -0.1) is 0 Å². The average Bonchev–Trinajstić information content (AvgIpc) is 3.34. The maximum absolute atomic E-state index is 15.3. The van der Waals surface area contributed by atoms with Crippen LogP contribution in [0.2, 0.25) is 0 Å². The zero-order valence-corrected chi connectivity index (χ0v) is 23.6. The number of amides is 1. The normalized spacial score (nSPS) is 15.1. The molecule has 0 spiro atoms. The molecule has 212 valence electrons. The number of carbonyl (C=O) groups excluding carboxylic acids is 1. The van der Waals surface area contributed by atoms with Crippen molar-refractivity contribution < 1.29 is 19.0 Å². The van der Waals surface area contributed by atoms with Gasteiger partial charge in [0.2, 0.25) is 0 Å². The van der Waals surface area contributed by atoms with Crippen LogP contribution in [0.1, 0.15) is 60.7 Å². The highest BCUT2D eigenvalue weighted by molar-refractivity contribution is 5.95. The van der Waals surface area contributed by atoms with E-state index in [0.717, 1.165) is 16.9 Å². The number of fused-ring (bicyclic) bond motifs is 1.